The fourth-order valence-corrected chi connectivity index (χ4v) is 6.10. The Kier molecular flexibility index (Phi) is 9.45. The first kappa shape index (κ1) is 27.1. The summed E-state index contributed by atoms with van der Waals surface area (Å²) in [5.41, 5.74) is 0.838. The molecule has 0 radical (unpaired) electrons. The minimum Gasteiger partial charge on any atom is -0.497 e. The van der Waals surface area contributed by atoms with Crippen LogP contribution < -0.4 is 4.74 Å². The van der Waals surface area contributed by atoms with Crippen LogP contribution in [0.25, 0.3) is 10.9 Å². The van der Waals surface area contributed by atoms with Crippen molar-refractivity contribution in [3.05, 3.63) is 65.1 Å². The fourth-order valence-electron chi connectivity index (χ4n) is 4.96. The standard InChI is InChI=1S/C28H33ClF2N2O2S/c1-35-20-7-8-25-21(17-20)27(22(29)18-32-25)24(31)9-10-28(19-34)11-14-33(15-12-28)13-4-16-36-26-6-3-2-5-23(26)30/h2-3,5-8,17-18,24,34H,4,9-16,19H2,1H3/t24-/m1/s1. The van der Waals surface area contributed by atoms with Crippen LogP contribution in [-0.4, -0.2) is 54.1 Å². The molecule has 36 heavy (non-hydrogen) atoms. The average Bonchev–Trinajstić information content (AvgIpc) is 2.91. The summed E-state index contributed by atoms with van der Waals surface area (Å²) in [4.78, 5) is 7.40. The number of ether oxygens (including phenoxy) is 1. The normalized spacial score (nSPS) is 16.8. The van der Waals surface area contributed by atoms with Crippen molar-refractivity contribution in [1.82, 2.24) is 9.88 Å². The number of thioether (sulfide) groups is 1. The first-order valence-electron chi connectivity index (χ1n) is 12.4. The van der Waals surface area contributed by atoms with Gasteiger partial charge in [-0.3, -0.25) is 4.98 Å². The maximum Gasteiger partial charge on any atom is 0.136 e. The molecule has 1 N–H and O–H groups in total. The summed E-state index contributed by atoms with van der Waals surface area (Å²) in [6.07, 6.45) is 3.75. The molecule has 3 aromatic rings. The van der Waals surface area contributed by atoms with Crippen molar-refractivity contribution in [1.29, 1.82) is 0 Å². The van der Waals surface area contributed by atoms with Crippen LogP contribution in [-0.2, 0) is 0 Å². The molecule has 2 aromatic carbocycles. The second-order valence-electron chi connectivity index (χ2n) is 9.54. The number of likely N-dealkylation sites (tertiary alicyclic amines) is 1. The summed E-state index contributed by atoms with van der Waals surface area (Å²) in [6.45, 7) is 2.74. The molecule has 1 saturated heterocycles. The van der Waals surface area contributed by atoms with Crippen molar-refractivity contribution in [3.8, 4) is 5.75 Å². The molecule has 2 heterocycles. The van der Waals surface area contributed by atoms with Gasteiger partial charge in [0.1, 0.15) is 17.7 Å². The predicted octanol–water partition coefficient (Wildman–Crippen LogP) is 7.08. The van der Waals surface area contributed by atoms with Gasteiger partial charge in [0.25, 0.3) is 0 Å². The number of fused-ring (bicyclic) bond motifs is 1. The lowest BCUT2D eigenvalue weighted by Crippen LogP contribution is -2.42. The molecule has 1 aromatic heterocycles. The van der Waals surface area contributed by atoms with Crippen LogP contribution in [0.15, 0.2) is 53.6 Å². The van der Waals surface area contributed by atoms with Crippen molar-refractivity contribution < 1.29 is 18.6 Å². The number of aliphatic hydroxyl groups is 1. The number of pyridine rings is 1. The number of benzene rings is 2. The summed E-state index contributed by atoms with van der Waals surface area (Å²) in [7, 11) is 1.57. The van der Waals surface area contributed by atoms with Gasteiger partial charge < -0.3 is 14.7 Å². The molecule has 0 bridgehead atoms. The highest BCUT2D eigenvalue weighted by Gasteiger charge is 2.35. The molecule has 4 rings (SSSR count). The summed E-state index contributed by atoms with van der Waals surface area (Å²) in [5, 5.41) is 11.2. The Balaban J connectivity index is 1.30. The minimum absolute atomic E-state index is 0.0509. The van der Waals surface area contributed by atoms with Crippen LogP contribution in [0, 0.1) is 11.2 Å². The summed E-state index contributed by atoms with van der Waals surface area (Å²) < 4.78 is 34.7. The Morgan fingerprint density at radius 1 is 1.22 bits per heavy atom. The molecule has 194 valence electrons. The van der Waals surface area contributed by atoms with Gasteiger partial charge in [-0.25, -0.2) is 8.78 Å². The molecular weight excluding hydrogens is 502 g/mol. The van der Waals surface area contributed by atoms with Crippen molar-refractivity contribution in [2.45, 2.75) is 43.2 Å². The molecule has 0 spiro atoms. The highest BCUT2D eigenvalue weighted by Crippen LogP contribution is 2.42. The predicted molar refractivity (Wildman–Crippen MR) is 143 cm³/mol. The molecule has 1 aliphatic rings. The van der Waals surface area contributed by atoms with E-state index in [1.165, 1.54) is 12.3 Å². The molecule has 0 aliphatic carbocycles. The number of alkyl halides is 1. The number of hydrogen-bond donors (Lipinski definition) is 1. The third-order valence-corrected chi connectivity index (χ3v) is 8.71. The molecule has 1 fully saturated rings. The van der Waals surface area contributed by atoms with Crippen LogP contribution >= 0.6 is 23.4 Å². The van der Waals surface area contributed by atoms with E-state index in [1.54, 1.807) is 43.1 Å². The van der Waals surface area contributed by atoms with Gasteiger partial charge in [0.15, 0.2) is 0 Å². The second-order valence-corrected chi connectivity index (χ2v) is 11.1. The molecule has 1 aliphatic heterocycles. The number of halogens is 3. The van der Waals surface area contributed by atoms with Crippen molar-refractivity contribution in [3.63, 3.8) is 0 Å². The van der Waals surface area contributed by atoms with Gasteiger partial charge in [-0.2, -0.15) is 0 Å². The molecular formula is C28H33ClF2N2O2S. The zero-order valence-corrected chi connectivity index (χ0v) is 22.1. The average molecular weight is 535 g/mol. The SMILES string of the molecule is COc1ccc2ncc(Cl)c([C@H](F)CCC3(CO)CCN(CCCSc4ccccc4F)CC3)c2c1. The van der Waals surface area contributed by atoms with E-state index in [0.717, 1.165) is 44.6 Å². The van der Waals surface area contributed by atoms with E-state index in [2.05, 4.69) is 9.88 Å². The van der Waals surface area contributed by atoms with E-state index >= 15 is 4.39 Å². The second kappa shape index (κ2) is 12.5. The van der Waals surface area contributed by atoms with Crippen molar-refractivity contribution >= 4 is 34.3 Å². The maximum atomic E-state index is 15.6. The molecule has 8 heteroatoms. The van der Waals surface area contributed by atoms with Gasteiger partial charge in [-0.1, -0.05) is 23.7 Å². The van der Waals surface area contributed by atoms with Gasteiger partial charge >= 0.3 is 0 Å². The third kappa shape index (κ3) is 6.49. The number of hydrogen-bond acceptors (Lipinski definition) is 5. The van der Waals surface area contributed by atoms with Crippen LogP contribution in [0.1, 0.15) is 43.8 Å². The van der Waals surface area contributed by atoms with Gasteiger partial charge in [0.2, 0.25) is 0 Å². The molecule has 4 nitrogen and oxygen atoms in total. The molecule has 1 atom stereocenters. The summed E-state index contributed by atoms with van der Waals surface area (Å²) in [6, 6.07) is 12.2. The lowest BCUT2D eigenvalue weighted by Gasteiger charge is -2.41. The number of nitrogens with zero attached hydrogens (tertiary/aromatic N) is 2. The monoisotopic (exact) mass is 534 g/mol. The van der Waals surface area contributed by atoms with E-state index in [-0.39, 0.29) is 24.3 Å². The van der Waals surface area contributed by atoms with E-state index in [4.69, 9.17) is 16.3 Å². The van der Waals surface area contributed by atoms with Crippen molar-refractivity contribution in [2.24, 2.45) is 5.41 Å². The van der Waals surface area contributed by atoms with E-state index in [9.17, 15) is 9.50 Å². The van der Waals surface area contributed by atoms with Crippen LogP contribution in [0.2, 0.25) is 5.02 Å². The van der Waals surface area contributed by atoms with Crippen LogP contribution in [0.4, 0.5) is 8.78 Å². The largest absolute Gasteiger partial charge is 0.497 e. The molecule has 0 amide bonds. The lowest BCUT2D eigenvalue weighted by molar-refractivity contribution is 0.0304. The number of rotatable bonds is 11. The Morgan fingerprint density at radius 2 is 2.00 bits per heavy atom. The van der Waals surface area contributed by atoms with Gasteiger partial charge in [0, 0.05) is 28.6 Å². The van der Waals surface area contributed by atoms with Crippen LogP contribution in [0.5, 0.6) is 5.75 Å². The topological polar surface area (TPSA) is 45.6 Å². The number of methoxy groups -OCH3 is 1. The zero-order chi connectivity index (χ0) is 25.5. The molecule has 0 unspecified atom stereocenters. The van der Waals surface area contributed by atoms with E-state index in [1.807, 2.05) is 12.1 Å². The Bertz CT molecular complexity index is 1160. The quantitative estimate of drug-likeness (QED) is 0.210. The zero-order valence-electron chi connectivity index (χ0n) is 20.6. The third-order valence-electron chi connectivity index (χ3n) is 7.27. The van der Waals surface area contributed by atoms with Gasteiger partial charge in [0.05, 0.1) is 17.6 Å². The summed E-state index contributed by atoms with van der Waals surface area (Å²) >= 11 is 7.94. The lowest BCUT2D eigenvalue weighted by atomic mass is 9.74. The minimum atomic E-state index is -1.26. The Labute approximate surface area is 221 Å². The molecule has 0 saturated carbocycles. The number of piperidine rings is 1. The first-order valence-corrected chi connectivity index (χ1v) is 13.8. The first-order chi connectivity index (χ1) is 17.4. The van der Waals surface area contributed by atoms with E-state index in [0.29, 0.717) is 38.6 Å². The number of aliphatic hydroxyl groups excluding tert-OH is 1. The fraction of sp³-hybridized carbons (Fsp3) is 0.464. The van der Waals surface area contributed by atoms with E-state index < -0.39 is 6.17 Å². The summed E-state index contributed by atoms with van der Waals surface area (Å²) in [5.74, 6) is 1.32. The Hall–Kier alpha value is -1.93. The van der Waals surface area contributed by atoms with Crippen LogP contribution in [0.3, 0.4) is 0 Å². The highest BCUT2D eigenvalue weighted by molar-refractivity contribution is 7.99. The number of aromatic nitrogens is 1. The smallest absolute Gasteiger partial charge is 0.136 e. The van der Waals surface area contributed by atoms with Crippen molar-refractivity contribution in [2.75, 3.05) is 39.1 Å². The van der Waals surface area contributed by atoms with Gasteiger partial charge in [-0.15, -0.1) is 11.8 Å². The maximum absolute atomic E-state index is 15.6. The van der Waals surface area contributed by atoms with Gasteiger partial charge in [-0.05, 0) is 93.2 Å². The Morgan fingerprint density at radius 3 is 2.72 bits per heavy atom. The highest BCUT2D eigenvalue weighted by atomic mass is 35.5.